The van der Waals surface area contributed by atoms with Crippen molar-refractivity contribution in [2.45, 2.75) is 0 Å². The van der Waals surface area contributed by atoms with Gasteiger partial charge < -0.3 is 4.42 Å². The minimum Gasteiger partial charge on any atom is -0.457 e. The number of aromatic nitrogens is 4. The largest absolute Gasteiger partial charge is 0.457 e. The van der Waals surface area contributed by atoms with Gasteiger partial charge in [-0.2, -0.15) is 0 Å². The first-order chi connectivity index (χ1) is 11.6. The van der Waals surface area contributed by atoms with Crippen molar-refractivity contribution in [1.29, 1.82) is 0 Å². The second-order valence-electron chi connectivity index (χ2n) is 4.65. The molecular weight excluding hydrogens is 313 g/mol. The predicted octanol–water partition coefficient (Wildman–Crippen LogP) is 2.82. The van der Waals surface area contributed by atoms with E-state index in [0.29, 0.717) is 11.5 Å². The molecule has 0 aliphatic heterocycles. The van der Waals surface area contributed by atoms with Crippen LogP contribution in [-0.4, -0.2) is 26.1 Å². The number of amides is 1. The van der Waals surface area contributed by atoms with Crippen LogP contribution in [0.2, 0.25) is 0 Å². The van der Waals surface area contributed by atoms with E-state index in [1.165, 1.54) is 30.5 Å². The zero-order valence-corrected chi connectivity index (χ0v) is 12.4. The van der Waals surface area contributed by atoms with Crippen LogP contribution < -0.4 is 5.32 Å². The predicted molar refractivity (Wildman–Crippen MR) is 86.0 cm³/mol. The average molecular weight is 325 g/mol. The highest BCUT2D eigenvalue weighted by Crippen LogP contribution is 2.22. The molecule has 0 bridgehead atoms. The number of anilines is 1. The molecule has 0 saturated heterocycles. The number of rotatable bonds is 5. The minimum absolute atomic E-state index is 0.0657. The highest BCUT2D eigenvalue weighted by Gasteiger charge is 2.06. The molecule has 7 nitrogen and oxygen atoms in total. The Hall–Kier alpha value is -3.55. The Morgan fingerprint density at radius 3 is 2.75 bits per heavy atom. The van der Waals surface area contributed by atoms with Crippen LogP contribution in [0.1, 0.15) is 5.76 Å². The molecule has 0 radical (unpaired) electrons. The standard InChI is InChI=1S/C16H12FN5O2/c1-2-22-20-16(19-21-22)18-15(23)10-8-13-7-9-14(24-13)11-3-5-12(17)6-4-11/h2-10H,1H2,(H,18,20,23)/b10-8+. The minimum atomic E-state index is -0.432. The molecule has 0 spiro atoms. The first-order valence-electron chi connectivity index (χ1n) is 6.91. The number of halogens is 1. The van der Waals surface area contributed by atoms with Crippen LogP contribution in [0.4, 0.5) is 10.3 Å². The lowest BCUT2D eigenvalue weighted by atomic mass is 10.2. The molecule has 8 heteroatoms. The van der Waals surface area contributed by atoms with Gasteiger partial charge in [0, 0.05) is 17.8 Å². The Morgan fingerprint density at radius 2 is 2.04 bits per heavy atom. The van der Waals surface area contributed by atoms with Crippen LogP contribution in [0.5, 0.6) is 0 Å². The van der Waals surface area contributed by atoms with Crippen LogP contribution in [0.15, 0.2) is 53.5 Å². The van der Waals surface area contributed by atoms with Gasteiger partial charge in [0.2, 0.25) is 0 Å². The second-order valence-corrected chi connectivity index (χ2v) is 4.65. The number of hydrogen-bond donors (Lipinski definition) is 1. The maximum atomic E-state index is 12.9. The van der Waals surface area contributed by atoms with Gasteiger partial charge in [0.05, 0.1) is 0 Å². The molecule has 24 heavy (non-hydrogen) atoms. The van der Waals surface area contributed by atoms with Gasteiger partial charge in [-0.3, -0.25) is 10.1 Å². The number of carbonyl (C=O) groups is 1. The van der Waals surface area contributed by atoms with Crippen LogP contribution in [0.25, 0.3) is 23.6 Å². The maximum absolute atomic E-state index is 12.9. The normalized spacial score (nSPS) is 10.9. The van der Waals surface area contributed by atoms with Gasteiger partial charge in [0.15, 0.2) is 0 Å². The fourth-order valence-electron chi connectivity index (χ4n) is 1.87. The molecule has 1 aromatic carbocycles. The molecule has 0 unspecified atom stereocenters. The van der Waals surface area contributed by atoms with Gasteiger partial charge >= 0.3 is 0 Å². The van der Waals surface area contributed by atoms with E-state index in [4.69, 9.17) is 4.42 Å². The first kappa shape index (κ1) is 15.3. The Bertz CT molecular complexity index is 895. The highest BCUT2D eigenvalue weighted by molar-refractivity contribution is 6.00. The van der Waals surface area contributed by atoms with E-state index < -0.39 is 5.91 Å². The fourth-order valence-corrected chi connectivity index (χ4v) is 1.87. The SMILES string of the molecule is C=Cn1nnc(NC(=O)/C=C/c2ccc(-c3ccc(F)cc3)o2)n1. The van der Waals surface area contributed by atoms with Crippen LogP contribution in [0.3, 0.4) is 0 Å². The summed E-state index contributed by atoms with van der Waals surface area (Å²) < 4.78 is 18.5. The first-order valence-corrected chi connectivity index (χ1v) is 6.91. The van der Waals surface area contributed by atoms with Crippen LogP contribution in [-0.2, 0) is 4.79 Å². The Kier molecular flexibility index (Phi) is 4.28. The second kappa shape index (κ2) is 6.69. The number of furan rings is 1. The van der Waals surface area contributed by atoms with E-state index in [2.05, 4.69) is 27.3 Å². The molecule has 3 rings (SSSR count). The van der Waals surface area contributed by atoms with Crippen molar-refractivity contribution in [3.63, 3.8) is 0 Å². The number of nitrogens with zero attached hydrogens (tertiary/aromatic N) is 4. The van der Waals surface area contributed by atoms with Gasteiger partial charge in [0.25, 0.3) is 11.9 Å². The number of hydrogen-bond acceptors (Lipinski definition) is 5. The lowest BCUT2D eigenvalue weighted by Crippen LogP contribution is -2.09. The van der Waals surface area contributed by atoms with Gasteiger partial charge in [-0.05, 0) is 47.7 Å². The highest BCUT2D eigenvalue weighted by atomic mass is 19.1. The third-order valence-corrected chi connectivity index (χ3v) is 2.98. The van der Waals surface area contributed by atoms with Crippen LogP contribution in [0, 0.1) is 5.82 Å². The van der Waals surface area contributed by atoms with Crippen molar-refractivity contribution < 1.29 is 13.6 Å². The molecule has 1 N–H and O–H groups in total. The summed E-state index contributed by atoms with van der Waals surface area (Å²) in [5.74, 6) is 0.372. The number of nitrogens with one attached hydrogen (secondary N) is 1. The summed E-state index contributed by atoms with van der Waals surface area (Å²) in [4.78, 5) is 12.9. The fraction of sp³-hybridized carbons (Fsp3) is 0. The average Bonchev–Trinajstić information content (AvgIpc) is 3.23. The Balaban J connectivity index is 1.65. The summed E-state index contributed by atoms with van der Waals surface area (Å²) in [5.41, 5.74) is 0.741. The molecule has 0 aliphatic rings. The summed E-state index contributed by atoms with van der Waals surface area (Å²) in [6.45, 7) is 3.47. The monoisotopic (exact) mass is 325 g/mol. The zero-order chi connectivity index (χ0) is 16.9. The van der Waals surface area contributed by atoms with Crippen molar-refractivity contribution in [3.05, 3.63) is 60.6 Å². The van der Waals surface area contributed by atoms with Gasteiger partial charge in [-0.1, -0.05) is 11.7 Å². The number of tetrazole rings is 1. The van der Waals surface area contributed by atoms with Crippen molar-refractivity contribution in [2.75, 3.05) is 5.32 Å². The molecule has 0 atom stereocenters. The lowest BCUT2D eigenvalue weighted by Gasteiger charge is -1.96. The molecule has 120 valence electrons. The van der Waals surface area contributed by atoms with E-state index >= 15 is 0 Å². The molecule has 3 aromatic rings. The van der Waals surface area contributed by atoms with Gasteiger partial charge in [-0.25, -0.2) is 4.39 Å². The van der Waals surface area contributed by atoms with E-state index in [9.17, 15) is 9.18 Å². The number of benzene rings is 1. The smallest absolute Gasteiger partial charge is 0.270 e. The summed E-state index contributed by atoms with van der Waals surface area (Å²) in [7, 11) is 0. The topological polar surface area (TPSA) is 85.8 Å². The van der Waals surface area contributed by atoms with E-state index in [1.54, 1.807) is 24.3 Å². The van der Waals surface area contributed by atoms with E-state index in [1.807, 2.05) is 0 Å². The molecule has 1 amide bonds. The maximum Gasteiger partial charge on any atom is 0.270 e. The Labute approximate surface area is 136 Å². The molecule has 0 saturated carbocycles. The molecule has 2 heterocycles. The third kappa shape index (κ3) is 3.61. The quantitative estimate of drug-likeness (QED) is 0.729. The van der Waals surface area contributed by atoms with Gasteiger partial charge in [-0.15, -0.1) is 9.90 Å². The third-order valence-electron chi connectivity index (χ3n) is 2.98. The van der Waals surface area contributed by atoms with Gasteiger partial charge in [0.1, 0.15) is 17.3 Å². The molecule has 0 aliphatic carbocycles. The van der Waals surface area contributed by atoms with Crippen LogP contribution >= 0.6 is 0 Å². The summed E-state index contributed by atoms with van der Waals surface area (Å²) in [6.07, 6.45) is 4.13. The molecule has 0 fully saturated rings. The van der Waals surface area contributed by atoms with Crippen molar-refractivity contribution in [1.82, 2.24) is 20.2 Å². The molecular formula is C16H12FN5O2. The van der Waals surface area contributed by atoms with Crippen molar-refractivity contribution in [2.24, 2.45) is 0 Å². The zero-order valence-electron chi connectivity index (χ0n) is 12.4. The summed E-state index contributed by atoms with van der Waals surface area (Å²) >= 11 is 0. The van der Waals surface area contributed by atoms with E-state index in [0.717, 1.165) is 10.4 Å². The van der Waals surface area contributed by atoms with E-state index in [-0.39, 0.29) is 11.8 Å². The summed E-state index contributed by atoms with van der Waals surface area (Å²) in [6, 6.07) is 9.37. The van der Waals surface area contributed by atoms with Crippen molar-refractivity contribution in [3.8, 4) is 11.3 Å². The number of carbonyl (C=O) groups excluding carboxylic acids is 1. The Morgan fingerprint density at radius 1 is 1.25 bits per heavy atom. The summed E-state index contributed by atoms with van der Waals surface area (Å²) in [5, 5.41) is 13.5. The molecule has 2 aromatic heterocycles. The van der Waals surface area contributed by atoms with Crippen molar-refractivity contribution >= 4 is 24.1 Å². The lowest BCUT2D eigenvalue weighted by molar-refractivity contribution is -0.111.